The number of nitrogens with one attached hydrogen (secondary N) is 1. The largest absolute Gasteiger partial charge is 0.395 e. The minimum atomic E-state index is 0.154. The van der Waals surface area contributed by atoms with Gasteiger partial charge >= 0.3 is 0 Å². The van der Waals surface area contributed by atoms with Crippen molar-refractivity contribution in [2.45, 2.75) is 26.8 Å². The third-order valence-corrected chi connectivity index (χ3v) is 3.26. The standard InChI is InChI=1S/C14H28N4O2/c1-5-7-18(8-9-19)14-13(11-15-6-10-20-4)12(2)16-17(14)3/h15,19H,5-11H2,1-4H3. The number of aliphatic hydroxyl groups is 1. The summed E-state index contributed by atoms with van der Waals surface area (Å²) in [4.78, 5) is 2.20. The SMILES string of the molecule is CCCN(CCO)c1c(CNCCOC)c(C)nn1C. The Balaban J connectivity index is 2.86. The summed E-state index contributed by atoms with van der Waals surface area (Å²) in [5.41, 5.74) is 2.23. The van der Waals surface area contributed by atoms with Crippen LogP contribution in [-0.4, -0.2) is 54.8 Å². The first-order valence-corrected chi connectivity index (χ1v) is 7.23. The number of nitrogens with zero attached hydrogens (tertiary/aromatic N) is 3. The number of anilines is 1. The second kappa shape index (κ2) is 8.94. The molecule has 0 atom stereocenters. The van der Waals surface area contributed by atoms with E-state index in [0.29, 0.717) is 13.2 Å². The molecule has 0 saturated heterocycles. The number of aliphatic hydroxyl groups excluding tert-OH is 1. The lowest BCUT2D eigenvalue weighted by Crippen LogP contribution is -2.31. The Morgan fingerprint density at radius 1 is 1.40 bits per heavy atom. The van der Waals surface area contributed by atoms with Gasteiger partial charge in [0.2, 0.25) is 0 Å². The lowest BCUT2D eigenvalue weighted by molar-refractivity contribution is 0.199. The summed E-state index contributed by atoms with van der Waals surface area (Å²) in [6.07, 6.45) is 1.04. The molecule has 6 nitrogen and oxygen atoms in total. The van der Waals surface area contributed by atoms with Crippen LogP contribution in [0.5, 0.6) is 0 Å². The topological polar surface area (TPSA) is 62.6 Å². The van der Waals surface area contributed by atoms with Crippen molar-refractivity contribution in [1.29, 1.82) is 0 Å². The summed E-state index contributed by atoms with van der Waals surface area (Å²) >= 11 is 0. The molecule has 20 heavy (non-hydrogen) atoms. The van der Waals surface area contributed by atoms with Crippen molar-refractivity contribution in [2.24, 2.45) is 7.05 Å². The highest BCUT2D eigenvalue weighted by molar-refractivity contribution is 5.50. The van der Waals surface area contributed by atoms with Gasteiger partial charge in [-0.3, -0.25) is 4.68 Å². The fourth-order valence-corrected chi connectivity index (χ4v) is 2.39. The first-order valence-electron chi connectivity index (χ1n) is 7.23. The second-order valence-electron chi connectivity index (χ2n) is 4.89. The highest BCUT2D eigenvalue weighted by Gasteiger charge is 2.18. The monoisotopic (exact) mass is 284 g/mol. The molecule has 0 unspecified atom stereocenters. The van der Waals surface area contributed by atoms with Gasteiger partial charge in [0.05, 0.1) is 18.9 Å². The fraction of sp³-hybridized carbons (Fsp3) is 0.786. The summed E-state index contributed by atoms with van der Waals surface area (Å²) in [6.45, 7) is 8.17. The van der Waals surface area contributed by atoms with E-state index in [4.69, 9.17) is 4.74 Å². The summed E-state index contributed by atoms with van der Waals surface area (Å²) in [5.74, 6) is 1.10. The van der Waals surface area contributed by atoms with E-state index in [1.54, 1.807) is 7.11 Å². The first-order chi connectivity index (χ1) is 9.65. The van der Waals surface area contributed by atoms with Crippen LogP contribution < -0.4 is 10.2 Å². The minimum absolute atomic E-state index is 0.154. The molecule has 0 radical (unpaired) electrons. The molecule has 6 heteroatoms. The van der Waals surface area contributed by atoms with Crippen LogP contribution in [0.15, 0.2) is 0 Å². The lowest BCUT2D eigenvalue weighted by Gasteiger charge is -2.24. The molecule has 0 aromatic carbocycles. The Hall–Kier alpha value is -1.11. The Morgan fingerprint density at radius 3 is 2.75 bits per heavy atom. The van der Waals surface area contributed by atoms with Gasteiger partial charge in [-0.25, -0.2) is 0 Å². The van der Waals surface area contributed by atoms with Gasteiger partial charge in [0, 0.05) is 45.9 Å². The average Bonchev–Trinajstić information content (AvgIpc) is 2.69. The predicted molar refractivity (Wildman–Crippen MR) is 81.1 cm³/mol. The molecule has 0 aliphatic rings. The molecule has 1 heterocycles. The van der Waals surface area contributed by atoms with Crippen LogP contribution in [0.1, 0.15) is 24.6 Å². The molecule has 1 aromatic heterocycles. The molecule has 2 N–H and O–H groups in total. The maximum Gasteiger partial charge on any atom is 0.131 e. The van der Waals surface area contributed by atoms with E-state index in [1.807, 2.05) is 18.7 Å². The van der Waals surface area contributed by atoms with E-state index < -0.39 is 0 Å². The van der Waals surface area contributed by atoms with Crippen molar-refractivity contribution in [3.8, 4) is 0 Å². The summed E-state index contributed by atoms with van der Waals surface area (Å²) in [6, 6.07) is 0. The van der Waals surface area contributed by atoms with E-state index in [2.05, 4.69) is 22.2 Å². The van der Waals surface area contributed by atoms with Crippen molar-refractivity contribution < 1.29 is 9.84 Å². The second-order valence-corrected chi connectivity index (χ2v) is 4.89. The van der Waals surface area contributed by atoms with Crippen molar-refractivity contribution in [3.05, 3.63) is 11.3 Å². The fourth-order valence-electron chi connectivity index (χ4n) is 2.39. The van der Waals surface area contributed by atoms with E-state index in [-0.39, 0.29) is 6.61 Å². The molecule has 0 saturated carbocycles. The van der Waals surface area contributed by atoms with Crippen LogP contribution in [0.2, 0.25) is 0 Å². The van der Waals surface area contributed by atoms with Gasteiger partial charge in [-0.2, -0.15) is 5.10 Å². The minimum Gasteiger partial charge on any atom is -0.395 e. The van der Waals surface area contributed by atoms with Crippen LogP contribution in [0, 0.1) is 6.92 Å². The summed E-state index contributed by atoms with van der Waals surface area (Å²) in [7, 11) is 3.66. The Kier molecular flexibility index (Phi) is 7.58. The Bertz CT molecular complexity index is 387. The van der Waals surface area contributed by atoms with E-state index in [0.717, 1.165) is 37.6 Å². The summed E-state index contributed by atoms with van der Waals surface area (Å²) < 4.78 is 6.95. The zero-order valence-electron chi connectivity index (χ0n) is 13.1. The number of rotatable bonds is 10. The van der Waals surface area contributed by atoms with Crippen molar-refractivity contribution in [2.75, 3.05) is 44.9 Å². The third-order valence-electron chi connectivity index (χ3n) is 3.26. The van der Waals surface area contributed by atoms with E-state index in [9.17, 15) is 5.11 Å². The molecule has 0 spiro atoms. The molecule has 116 valence electrons. The van der Waals surface area contributed by atoms with Crippen LogP contribution in [-0.2, 0) is 18.3 Å². The molecule has 0 amide bonds. The number of hydrogen-bond acceptors (Lipinski definition) is 5. The van der Waals surface area contributed by atoms with Gasteiger partial charge < -0.3 is 20.1 Å². The first kappa shape index (κ1) is 16.9. The molecule has 0 fully saturated rings. The predicted octanol–water partition coefficient (Wildman–Crippen LogP) is 0.673. The lowest BCUT2D eigenvalue weighted by atomic mass is 10.2. The smallest absolute Gasteiger partial charge is 0.131 e. The van der Waals surface area contributed by atoms with Crippen LogP contribution in [0.4, 0.5) is 5.82 Å². The van der Waals surface area contributed by atoms with Crippen molar-refractivity contribution >= 4 is 5.82 Å². The summed E-state index contributed by atoms with van der Waals surface area (Å²) in [5, 5.41) is 17.1. The third kappa shape index (κ3) is 4.47. The van der Waals surface area contributed by atoms with Crippen LogP contribution >= 0.6 is 0 Å². The molecular formula is C14H28N4O2. The zero-order chi connectivity index (χ0) is 15.0. The maximum atomic E-state index is 9.26. The van der Waals surface area contributed by atoms with E-state index in [1.165, 1.54) is 5.56 Å². The number of ether oxygens (including phenoxy) is 1. The van der Waals surface area contributed by atoms with Gasteiger partial charge in [-0.15, -0.1) is 0 Å². The number of hydrogen-bond donors (Lipinski definition) is 2. The molecule has 1 rings (SSSR count). The molecule has 1 aromatic rings. The van der Waals surface area contributed by atoms with Gasteiger partial charge in [0.25, 0.3) is 0 Å². The molecule has 0 aliphatic heterocycles. The van der Waals surface area contributed by atoms with Gasteiger partial charge in [0.1, 0.15) is 5.82 Å². The maximum absolute atomic E-state index is 9.26. The molecular weight excluding hydrogens is 256 g/mol. The zero-order valence-corrected chi connectivity index (χ0v) is 13.1. The van der Waals surface area contributed by atoms with Gasteiger partial charge in [-0.05, 0) is 13.3 Å². The van der Waals surface area contributed by atoms with Gasteiger partial charge in [-0.1, -0.05) is 6.92 Å². The number of aromatic nitrogens is 2. The number of aryl methyl sites for hydroxylation is 2. The van der Waals surface area contributed by atoms with Crippen LogP contribution in [0.3, 0.4) is 0 Å². The number of methoxy groups -OCH3 is 1. The Labute approximate surface area is 121 Å². The molecule has 0 aliphatic carbocycles. The van der Waals surface area contributed by atoms with Crippen LogP contribution in [0.25, 0.3) is 0 Å². The van der Waals surface area contributed by atoms with Gasteiger partial charge in [0.15, 0.2) is 0 Å². The highest BCUT2D eigenvalue weighted by atomic mass is 16.5. The molecule has 0 bridgehead atoms. The quantitative estimate of drug-likeness (QED) is 0.619. The Morgan fingerprint density at radius 2 is 2.15 bits per heavy atom. The van der Waals surface area contributed by atoms with Crippen molar-refractivity contribution in [3.63, 3.8) is 0 Å². The van der Waals surface area contributed by atoms with Crippen molar-refractivity contribution in [1.82, 2.24) is 15.1 Å². The highest BCUT2D eigenvalue weighted by Crippen LogP contribution is 2.23. The normalized spacial score (nSPS) is 11.1. The van der Waals surface area contributed by atoms with E-state index >= 15 is 0 Å². The average molecular weight is 284 g/mol.